The van der Waals surface area contributed by atoms with Crippen molar-refractivity contribution in [1.29, 1.82) is 0 Å². The molecule has 2 aromatic rings. The number of para-hydroxylation sites is 1. The first-order chi connectivity index (χ1) is 7.27. The van der Waals surface area contributed by atoms with Gasteiger partial charge in [-0.05, 0) is 19.1 Å². The number of aliphatic imine (C=N–C) groups is 1. The summed E-state index contributed by atoms with van der Waals surface area (Å²) < 4.78 is 6.48. The number of benzene rings is 1. The summed E-state index contributed by atoms with van der Waals surface area (Å²) in [6.07, 6.45) is 1.43. The summed E-state index contributed by atoms with van der Waals surface area (Å²) in [6, 6.07) is 5.04. The Hall–Kier alpha value is -2.13. The molecule has 0 aliphatic heterocycles. The highest BCUT2D eigenvalue weighted by molar-refractivity contribution is 5.85. The minimum absolute atomic E-state index is 0.326. The summed E-state index contributed by atoms with van der Waals surface area (Å²) in [4.78, 5) is 25.0. The maximum Gasteiger partial charge on any atom is 0.420 e. The largest absolute Gasteiger partial charge is 0.420 e. The van der Waals surface area contributed by atoms with Crippen LogP contribution < -0.4 is 5.76 Å². The van der Waals surface area contributed by atoms with Crippen LogP contribution in [0.5, 0.6) is 0 Å². The number of oxazole rings is 1. The molecule has 0 aliphatic carbocycles. The lowest BCUT2D eigenvalue weighted by Gasteiger charge is -1.95. The second kappa shape index (κ2) is 3.55. The first-order valence-electron chi connectivity index (χ1n) is 4.48. The molecular formula is C10H8N2O3. The Labute approximate surface area is 84.7 Å². The molecule has 1 aromatic carbocycles. The van der Waals surface area contributed by atoms with Crippen LogP contribution in [-0.4, -0.2) is 10.6 Å². The molecule has 0 atom stereocenters. The van der Waals surface area contributed by atoms with Crippen molar-refractivity contribution in [3.63, 3.8) is 0 Å². The van der Waals surface area contributed by atoms with Crippen LogP contribution in [0.3, 0.4) is 0 Å². The van der Waals surface area contributed by atoms with E-state index < -0.39 is 5.76 Å². The minimum atomic E-state index is -0.443. The molecule has 0 aliphatic rings. The van der Waals surface area contributed by atoms with E-state index in [1.807, 2.05) is 6.92 Å². The predicted molar refractivity (Wildman–Crippen MR) is 53.9 cm³/mol. The van der Waals surface area contributed by atoms with Gasteiger partial charge in [-0.3, -0.25) is 4.57 Å². The van der Waals surface area contributed by atoms with Crippen molar-refractivity contribution in [3.05, 3.63) is 28.7 Å². The van der Waals surface area contributed by atoms with Gasteiger partial charge in [0.2, 0.25) is 6.08 Å². The first-order valence-corrected chi connectivity index (χ1v) is 4.48. The zero-order valence-corrected chi connectivity index (χ0v) is 8.06. The molecule has 5 heteroatoms. The second-order valence-electron chi connectivity index (χ2n) is 2.94. The number of aryl methyl sites for hydroxylation is 1. The van der Waals surface area contributed by atoms with Gasteiger partial charge in [0.25, 0.3) is 0 Å². The van der Waals surface area contributed by atoms with Gasteiger partial charge in [-0.25, -0.2) is 9.59 Å². The summed E-state index contributed by atoms with van der Waals surface area (Å²) in [7, 11) is 0. The fourth-order valence-electron chi connectivity index (χ4n) is 1.51. The smallest absolute Gasteiger partial charge is 0.405 e. The fourth-order valence-corrected chi connectivity index (χ4v) is 1.51. The monoisotopic (exact) mass is 204 g/mol. The number of fused-ring (bicyclic) bond motifs is 1. The Morgan fingerprint density at radius 1 is 1.53 bits per heavy atom. The minimum Gasteiger partial charge on any atom is -0.405 e. The van der Waals surface area contributed by atoms with Gasteiger partial charge in [-0.2, -0.15) is 4.99 Å². The van der Waals surface area contributed by atoms with Gasteiger partial charge < -0.3 is 4.42 Å². The van der Waals surface area contributed by atoms with Crippen molar-refractivity contribution in [1.82, 2.24) is 4.57 Å². The molecule has 0 bridgehead atoms. The van der Waals surface area contributed by atoms with E-state index >= 15 is 0 Å². The Kier molecular flexibility index (Phi) is 2.23. The number of isocyanates is 1. The number of hydrogen-bond acceptors (Lipinski definition) is 4. The van der Waals surface area contributed by atoms with E-state index in [-0.39, 0.29) is 0 Å². The van der Waals surface area contributed by atoms with E-state index in [9.17, 15) is 9.59 Å². The van der Waals surface area contributed by atoms with Crippen LogP contribution >= 0.6 is 0 Å². The van der Waals surface area contributed by atoms with Crippen LogP contribution in [0.1, 0.15) is 6.92 Å². The van der Waals surface area contributed by atoms with Gasteiger partial charge in [-0.1, -0.05) is 6.07 Å². The van der Waals surface area contributed by atoms with Gasteiger partial charge in [-0.15, -0.1) is 0 Å². The molecule has 1 aromatic heterocycles. The van der Waals surface area contributed by atoms with Crippen molar-refractivity contribution < 1.29 is 9.21 Å². The molecule has 15 heavy (non-hydrogen) atoms. The molecule has 2 rings (SSSR count). The maximum atomic E-state index is 11.4. The third-order valence-electron chi connectivity index (χ3n) is 2.16. The number of aromatic nitrogens is 1. The number of carbonyl (C=O) groups excluding carboxylic acids is 1. The topological polar surface area (TPSA) is 64.6 Å². The van der Waals surface area contributed by atoms with Gasteiger partial charge in [0, 0.05) is 6.54 Å². The second-order valence-corrected chi connectivity index (χ2v) is 2.94. The first kappa shape index (κ1) is 9.43. The van der Waals surface area contributed by atoms with E-state index in [4.69, 9.17) is 4.42 Å². The molecule has 0 unspecified atom stereocenters. The van der Waals surface area contributed by atoms with Crippen molar-refractivity contribution in [2.75, 3.05) is 0 Å². The predicted octanol–water partition coefficient (Wildman–Crippen LogP) is 1.58. The Morgan fingerprint density at radius 3 is 3.00 bits per heavy atom. The third-order valence-corrected chi connectivity index (χ3v) is 2.16. The lowest BCUT2D eigenvalue weighted by Crippen LogP contribution is -2.11. The van der Waals surface area contributed by atoms with Crippen molar-refractivity contribution in [2.24, 2.45) is 4.99 Å². The van der Waals surface area contributed by atoms with Gasteiger partial charge in [0.05, 0.1) is 5.52 Å². The quantitative estimate of drug-likeness (QED) is 0.551. The van der Waals surface area contributed by atoms with Crippen LogP contribution in [-0.2, 0) is 11.3 Å². The molecule has 76 valence electrons. The molecular weight excluding hydrogens is 196 g/mol. The van der Waals surface area contributed by atoms with E-state index in [1.165, 1.54) is 10.6 Å². The van der Waals surface area contributed by atoms with E-state index in [0.29, 0.717) is 23.3 Å². The molecule has 0 N–H and O–H groups in total. The average Bonchev–Trinajstić information content (AvgIpc) is 2.55. The SMILES string of the molecule is CCn1c(=O)oc2c(N=C=O)cccc21. The van der Waals surface area contributed by atoms with Crippen molar-refractivity contribution in [3.8, 4) is 0 Å². The Bertz CT molecular complexity index is 603. The van der Waals surface area contributed by atoms with Gasteiger partial charge >= 0.3 is 5.76 Å². The summed E-state index contributed by atoms with van der Waals surface area (Å²) >= 11 is 0. The highest BCUT2D eigenvalue weighted by atomic mass is 16.4. The lowest BCUT2D eigenvalue weighted by atomic mass is 10.3. The van der Waals surface area contributed by atoms with Crippen LogP contribution in [0.25, 0.3) is 11.1 Å². The fraction of sp³-hybridized carbons (Fsp3) is 0.200. The summed E-state index contributed by atoms with van der Waals surface area (Å²) in [5, 5.41) is 0. The summed E-state index contributed by atoms with van der Waals surface area (Å²) in [6.45, 7) is 2.35. The molecule has 0 radical (unpaired) electrons. The number of hydrogen-bond donors (Lipinski definition) is 0. The standard InChI is InChI=1S/C10H8N2O3/c1-2-12-8-5-3-4-7(11-6-13)9(8)15-10(12)14/h3-5H,2H2,1H3. The molecule has 0 spiro atoms. The van der Waals surface area contributed by atoms with Crippen molar-refractivity contribution >= 4 is 22.9 Å². The molecule has 0 amide bonds. The molecule has 0 fully saturated rings. The summed E-state index contributed by atoms with van der Waals surface area (Å²) in [5.74, 6) is -0.443. The van der Waals surface area contributed by atoms with E-state index in [0.717, 1.165) is 0 Å². The number of rotatable bonds is 2. The highest BCUT2D eigenvalue weighted by Gasteiger charge is 2.10. The zero-order chi connectivity index (χ0) is 10.8. The van der Waals surface area contributed by atoms with E-state index in [2.05, 4.69) is 4.99 Å². The van der Waals surface area contributed by atoms with Crippen LogP contribution in [0.4, 0.5) is 5.69 Å². The van der Waals surface area contributed by atoms with Crippen LogP contribution in [0.2, 0.25) is 0 Å². The molecule has 0 saturated carbocycles. The normalized spacial score (nSPS) is 10.2. The van der Waals surface area contributed by atoms with Crippen LogP contribution in [0.15, 0.2) is 32.4 Å². The van der Waals surface area contributed by atoms with Gasteiger partial charge in [0.1, 0.15) is 5.69 Å². The van der Waals surface area contributed by atoms with Crippen molar-refractivity contribution in [2.45, 2.75) is 13.5 Å². The third kappa shape index (κ3) is 1.39. The zero-order valence-electron chi connectivity index (χ0n) is 8.06. The molecule has 5 nitrogen and oxygen atoms in total. The van der Waals surface area contributed by atoms with E-state index in [1.54, 1.807) is 18.2 Å². The average molecular weight is 204 g/mol. The molecule has 0 saturated heterocycles. The van der Waals surface area contributed by atoms with Crippen LogP contribution in [0, 0.1) is 0 Å². The Balaban J connectivity index is 2.89. The number of nitrogens with zero attached hydrogens (tertiary/aromatic N) is 2. The Morgan fingerprint density at radius 2 is 2.33 bits per heavy atom. The maximum absolute atomic E-state index is 11.4. The summed E-state index contributed by atoms with van der Waals surface area (Å²) in [5.41, 5.74) is 1.29. The van der Waals surface area contributed by atoms with Gasteiger partial charge in [0.15, 0.2) is 5.58 Å². The highest BCUT2D eigenvalue weighted by Crippen LogP contribution is 2.24. The lowest BCUT2D eigenvalue weighted by molar-refractivity contribution is 0.513. The molecule has 1 heterocycles.